The average Bonchev–Trinajstić information content (AvgIpc) is 3.36. The van der Waals surface area contributed by atoms with Gasteiger partial charge in [-0.25, -0.2) is 0 Å². The smallest absolute Gasteiger partial charge is 0.119 e. The molecule has 1 unspecified atom stereocenters. The quantitative estimate of drug-likeness (QED) is 0.667. The lowest BCUT2D eigenvalue weighted by Gasteiger charge is -2.31. The minimum Gasteiger partial charge on any atom is -0.497 e. The van der Waals surface area contributed by atoms with E-state index in [9.17, 15) is 5.26 Å². The van der Waals surface area contributed by atoms with Crippen LogP contribution in [0.15, 0.2) is 60.9 Å². The highest BCUT2D eigenvalue weighted by molar-refractivity contribution is 5.48. The lowest BCUT2D eigenvalue weighted by molar-refractivity contribution is -0.0138. The zero-order valence-corrected chi connectivity index (χ0v) is 15.3. The van der Waals surface area contributed by atoms with Gasteiger partial charge in [0, 0.05) is 18.9 Å². The van der Waals surface area contributed by atoms with Crippen LogP contribution in [0.4, 0.5) is 0 Å². The summed E-state index contributed by atoms with van der Waals surface area (Å²) in [5.74, 6) is 0.823. The number of aryl methyl sites for hydroxylation is 1. The molecule has 2 heterocycles. The molecule has 1 atom stereocenters. The third-order valence-electron chi connectivity index (χ3n) is 5.18. The fourth-order valence-corrected chi connectivity index (χ4v) is 3.83. The number of methoxy groups -OCH3 is 1. The topological polar surface area (TPSA) is 60.1 Å². The van der Waals surface area contributed by atoms with Crippen molar-refractivity contribution in [3.05, 3.63) is 83.2 Å². The largest absolute Gasteiger partial charge is 0.497 e. The Morgan fingerprint density at radius 1 is 1.26 bits per heavy atom. The molecular formula is C22H21N3O2. The van der Waals surface area contributed by atoms with Crippen LogP contribution in [0.25, 0.3) is 0 Å². The summed E-state index contributed by atoms with van der Waals surface area (Å²) in [6.07, 6.45) is 5.53. The number of hydrogen-bond acceptors (Lipinski definition) is 4. The van der Waals surface area contributed by atoms with Gasteiger partial charge in [0.15, 0.2) is 0 Å². The molecule has 0 radical (unpaired) electrons. The minimum atomic E-state index is -0.511. The molecule has 0 aliphatic carbocycles. The second-order valence-electron chi connectivity index (χ2n) is 6.70. The number of nitrogens with zero attached hydrogens (tertiary/aromatic N) is 3. The van der Waals surface area contributed by atoms with Gasteiger partial charge in [0.05, 0.1) is 25.3 Å². The van der Waals surface area contributed by atoms with Crippen LogP contribution in [0.5, 0.6) is 5.75 Å². The highest BCUT2D eigenvalue weighted by atomic mass is 16.5. The summed E-state index contributed by atoms with van der Waals surface area (Å²) in [7, 11) is 1.67. The van der Waals surface area contributed by atoms with Crippen molar-refractivity contribution in [2.75, 3.05) is 7.11 Å². The van der Waals surface area contributed by atoms with Crippen LogP contribution in [0.2, 0.25) is 0 Å². The van der Waals surface area contributed by atoms with Crippen molar-refractivity contribution in [2.24, 2.45) is 0 Å². The minimum absolute atomic E-state index is 0.511. The SMILES string of the molecule is COc1ccc(C2(CCCn3cccn3)OCc3cc(C#N)ccc32)cc1. The summed E-state index contributed by atoms with van der Waals surface area (Å²) < 4.78 is 13.7. The lowest BCUT2D eigenvalue weighted by Crippen LogP contribution is -2.27. The molecule has 5 nitrogen and oxygen atoms in total. The summed E-state index contributed by atoms with van der Waals surface area (Å²) in [5, 5.41) is 13.5. The summed E-state index contributed by atoms with van der Waals surface area (Å²) in [6.45, 7) is 1.35. The van der Waals surface area contributed by atoms with Gasteiger partial charge in [-0.05, 0) is 59.9 Å². The standard InChI is InChI=1S/C22H21N3O2/c1-26-20-7-5-19(6-8-20)22(10-2-12-25-13-3-11-24-25)21-9-4-17(15-23)14-18(21)16-27-22/h3-9,11,13-14H,2,10,12,16H2,1H3. The second-order valence-corrected chi connectivity index (χ2v) is 6.70. The molecule has 5 heteroatoms. The molecule has 0 fully saturated rings. The van der Waals surface area contributed by atoms with E-state index in [4.69, 9.17) is 9.47 Å². The number of fused-ring (bicyclic) bond motifs is 1. The van der Waals surface area contributed by atoms with Crippen LogP contribution >= 0.6 is 0 Å². The molecule has 1 aliphatic rings. The van der Waals surface area contributed by atoms with Crippen molar-refractivity contribution in [1.82, 2.24) is 9.78 Å². The first kappa shape index (κ1) is 17.3. The maximum Gasteiger partial charge on any atom is 0.119 e. The Morgan fingerprint density at radius 2 is 2.11 bits per heavy atom. The fourth-order valence-electron chi connectivity index (χ4n) is 3.83. The molecule has 1 aliphatic heterocycles. The van der Waals surface area contributed by atoms with Gasteiger partial charge in [-0.2, -0.15) is 10.4 Å². The molecule has 0 spiro atoms. The van der Waals surface area contributed by atoms with Crippen LogP contribution in [0, 0.1) is 11.3 Å². The Morgan fingerprint density at radius 3 is 2.81 bits per heavy atom. The molecule has 4 rings (SSSR count). The van der Waals surface area contributed by atoms with Gasteiger partial charge in [0.2, 0.25) is 0 Å². The van der Waals surface area contributed by atoms with Gasteiger partial charge in [0.1, 0.15) is 11.4 Å². The van der Waals surface area contributed by atoms with Gasteiger partial charge < -0.3 is 9.47 Å². The number of hydrogen-bond donors (Lipinski definition) is 0. The summed E-state index contributed by atoms with van der Waals surface area (Å²) in [5.41, 5.74) is 3.49. The average molecular weight is 359 g/mol. The monoisotopic (exact) mass is 359 g/mol. The van der Waals surface area contributed by atoms with Gasteiger partial charge in [0.25, 0.3) is 0 Å². The molecule has 136 valence electrons. The third kappa shape index (κ3) is 3.20. The van der Waals surface area contributed by atoms with Crippen molar-refractivity contribution < 1.29 is 9.47 Å². The molecule has 0 amide bonds. The van der Waals surface area contributed by atoms with E-state index in [1.165, 1.54) is 0 Å². The Bertz CT molecular complexity index is 958. The van der Waals surface area contributed by atoms with E-state index in [1.54, 1.807) is 13.3 Å². The Hall–Kier alpha value is -3.10. The molecule has 0 saturated carbocycles. The van der Waals surface area contributed by atoms with E-state index in [2.05, 4.69) is 23.3 Å². The van der Waals surface area contributed by atoms with Crippen molar-refractivity contribution >= 4 is 0 Å². The summed E-state index contributed by atoms with van der Waals surface area (Å²) in [4.78, 5) is 0. The number of rotatable bonds is 6. The molecule has 3 aromatic rings. The molecular weight excluding hydrogens is 338 g/mol. The third-order valence-corrected chi connectivity index (χ3v) is 5.18. The van der Waals surface area contributed by atoms with E-state index in [0.29, 0.717) is 12.2 Å². The Balaban J connectivity index is 1.69. The maximum absolute atomic E-state index is 9.21. The van der Waals surface area contributed by atoms with E-state index in [0.717, 1.165) is 41.8 Å². The number of ether oxygens (including phenoxy) is 2. The molecule has 0 N–H and O–H groups in total. The molecule has 27 heavy (non-hydrogen) atoms. The van der Waals surface area contributed by atoms with Crippen LogP contribution in [-0.4, -0.2) is 16.9 Å². The Labute approximate surface area is 158 Å². The first-order valence-electron chi connectivity index (χ1n) is 9.04. The molecule has 1 aromatic heterocycles. The van der Waals surface area contributed by atoms with E-state index in [-0.39, 0.29) is 0 Å². The number of aromatic nitrogens is 2. The lowest BCUT2D eigenvalue weighted by atomic mass is 9.81. The fraction of sp³-hybridized carbons (Fsp3) is 0.273. The normalized spacial score (nSPS) is 18.1. The first-order valence-corrected chi connectivity index (χ1v) is 9.04. The second kappa shape index (κ2) is 7.26. The Kier molecular flexibility index (Phi) is 4.66. The van der Waals surface area contributed by atoms with Crippen LogP contribution in [-0.2, 0) is 23.5 Å². The predicted molar refractivity (Wildman–Crippen MR) is 101 cm³/mol. The number of nitriles is 1. The number of benzene rings is 2. The molecule has 0 saturated heterocycles. The van der Waals surface area contributed by atoms with E-state index in [1.807, 2.05) is 47.3 Å². The van der Waals surface area contributed by atoms with Gasteiger partial charge in [-0.3, -0.25) is 4.68 Å². The highest BCUT2D eigenvalue weighted by Gasteiger charge is 2.41. The first-order chi connectivity index (χ1) is 13.2. The van der Waals surface area contributed by atoms with Gasteiger partial charge in [-0.15, -0.1) is 0 Å². The summed E-state index contributed by atoms with van der Waals surface area (Å²) in [6, 6.07) is 18.1. The van der Waals surface area contributed by atoms with Crippen molar-refractivity contribution in [3.8, 4) is 11.8 Å². The predicted octanol–water partition coefficient (Wildman–Crippen LogP) is 4.02. The van der Waals surface area contributed by atoms with E-state index < -0.39 is 5.60 Å². The van der Waals surface area contributed by atoms with Crippen LogP contribution in [0.3, 0.4) is 0 Å². The molecule has 2 aromatic carbocycles. The van der Waals surface area contributed by atoms with Crippen molar-refractivity contribution in [2.45, 2.75) is 31.6 Å². The van der Waals surface area contributed by atoms with Crippen molar-refractivity contribution in [3.63, 3.8) is 0 Å². The maximum atomic E-state index is 9.21. The highest BCUT2D eigenvalue weighted by Crippen LogP contribution is 2.46. The zero-order chi connectivity index (χ0) is 18.7. The van der Waals surface area contributed by atoms with Crippen molar-refractivity contribution in [1.29, 1.82) is 5.26 Å². The van der Waals surface area contributed by atoms with E-state index >= 15 is 0 Å². The van der Waals surface area contributed by atoms with Gasteiger partial charge in [-0.1, -0.05) is 18.2 Å². The van der Waals surface area contributed by atoms with Crippen LogP contribution < -0.4 is 4.74 Å². The van der Waals surface area contributed by atoms with Gasteiger partial charge >= 0.3 is 0 Å². The van der Waals surface area contributed by atoms with Crippen LogP contribution in [0.1, 0.15) is 35.1 Å². The summed E-state index contributed by atoms with van der Waals surface area (Å²) >= 11 is 0. The zero-order valence-electron chi connectivity index (χ0n) is 15.3. The molecule has 0 bridgehead atoms.